The topological polar surface area (TPSA) is 136 Å². The number of carbonyl (C=O) groups is 1. The van der Waals surface area contributed by atoms with E-state index in [1.165, 1.54) is 0 Å². The van der Waals surface area contributed by atoms with E-state index in [9.17, 15) is 4.79 Å². The number of hydrogen-bond acceptors (Lipinski definition) is 12. The monoisotopic (exact) mass is 623 g/mol. The zero-order chi connectivity index (χ0) is 30.6. The molecule has 12 nitrogen and oxygen atoms in total. The zero-order valence-electron chi connectivity index (χ0n) is 25.1. The maximum Gasteiger partial charge on any atom is 0.278 e. The molecule has 0 aliphatic carbocycles. The highest BCUT2D eigenvalue weighted by Crippen LogP contribution is 2.31. The van der Waals surface area contributed by atoms with Crippen LogP contribution in [0.3, 0.4) is 0 Å². The van der Waals surface area contributed by atoms with Gasteiger partial charge in [-0.05, 0) is 37.2 Å². The van der Waals surface area contributed by atoms with E-state index in [0.29, 0.717) is 56.7 Å². The van der Waals surface area contributed by atoms with E-state index in [2.05, 4.69) is 41.9 Å². The lowest BCUT2D eigenvalue weighted by Crippen LogP contribution is -2.40. The summed E-state index contributed by atoms with van der Waals surface area (Å²) in [5.41, 5.74) is 8.97. The molecule has 1 amide bonds. The molecule has 3 aromatic rings. The van der Waals surface area contributed by atoms with Crippen LogP contribution in [-0.2, 0) is 20.8 Å². The van der Waals surface area contributed by atoms with Crippen molar-refractivity contribution in [3.63, 3.8) is 0 Å². The number of amides is 1. The van der Waals surface area contributed by atoms with Crippen LogP contribution in [0.15, 0.2) is 53.6 Å². The van der Waals surface area contributed by atoms with E-state index < -0.39 is 5.91 Å². The van der Waals surface area contributed by atoms with Gasteiger partial charge in [-0.15, -0.1) is 0 Å². The fraction of sp³-hybridized carbons (Fsp3) is 0.452. The van der Waals surface area contributed by atoms with Crippen LogP contribution in [0.1, 0.15) is 16.1 Å². The van der Waals surface area contributed by atoms with Crippen molar-refractivity contribution in [2.24, 2.45) is 0 Å². The van der Waals surface area contributed by atoms with Crippen molar-refractivity contribution in [3.8, 4) is 17.0 Å². The van der Waals surface area contributed by atoms with E-state index in [1.54, 1.807) is 24.2 Å². The molecule has 0 spiro atoms. The van der Waals surface area contributed by atoms with Crippen LogP contribution in [0.25, 0.3) is 11.3 Å². The molecular formula is C31H41N7O5S. The number of benzene rings is 2. The van der Waals surface area contributed by atoms with Crippen molar-refractivity contribution in [2.75, 3.05) is 97.1 Å². The van der Waals surface area contributed by atoms with Crippen LogP contribution < -0.4 is 21.1 Å². The molecule has 6 rings (SSSR count). The normalized spacial score (nSPS) is 18.0. The van der Waals surface area contributed by atoms with Gasteiger partial charge in [0, 0.05) is 55.3 Å². The van der Waals surface area contributed by atoms with Gasteiger partial charge in [0.15, 0.2) is 11.5 Å². The minimum absolute atomic E-state index is 0.0469. The van der Waals surface area contributed by atoms with E-state index in [-0.39, 0.29) is 11.5 Å². The number of nitrogens with zero attached hydrogens (tertiary/aromatic N) is 4. The smallest absolute Gasteiger partial charge is 0.278 e. The minimum Gasteiger partial charge on any atom is -0.489 e. The number of para-hydroxylation sites is 1. The third kappa shape index (κ3) is 9.11. The maximum atomic E-state index is 13.4. The number of carbonyl (C=O) groups excluding carboxylic acids is 1. The number of morpholine rings is 1. The lowest BCUT2D eigenvalue weighted by atomic mass is 10.1. The molecule has 4 N–H and O–H groups in total. The lowest BCUT2D eigenvalue weighted by Gasteiger charge is -2.29. The molecule has 0 atom stereocenters. The summed E-state index contributed by atoms with van der Waals surface area (Å²) in [5.74, 6) is 0.139. The zero-order valence-corrected chi connectivity index (χ0v) is 25.9. The third-order valence-electron chi connectivity index (χ3n) is 7.21. The second-order valence-corrected chi connectivity index (χ2v) is 11.5. The molecule has 0 saturated carbocycles. The number of nitrogens with two attached hydrogens (primary N) is 1. The first-order chi connectivity index (χ1) is 21.6. The highest BCUT2D eigenvalue weighted by atomic mass is 32.2. The summed E-state index contributed by atoms with van der Waals surface area (Å²) in [6.45, 7) is 8.89. The van der Waals surface area contributed by atoms with Crippen molar-refractivity contribution in [1.82, 2.24) is 24.5 Å². The van der Waals surface area contributed by atoms with Gasteiger partial charge in [0.2, 0.25) is 0 Å². The Morgan fingerprint density at radius 1 is 0.932 bits per heavy atom. The SMILES string of the molecule is CNCc1cccc2c1OCCOCCOCCN(CCN1CCOCC1)Sc1ccc(cc1)-c1cnc(N)c(n1)C(=O)N2. The Hall–Kier alpha value is -3.30. The molecule has 1 fully saturated rings. The van der Waals surface area contributed by atoms with E-state index in [0.717, 1.165) is 62.0 Å². The lowest BCUT2D eigenvalue weighted by molar-refractivity contribution is 0.0291. The van der Waals surface area contributed by atoms with Gasteiger partial charge >= 0.3 is 0 Å². The molecule has 3 aliphatic rings. The predicted octanol–water partition coefficient (Wildman–Crippen LogP) is 2.76. The first-order valence-electron chi connectivity index (χ1n) is 14.9. The molecule has 1 aromatic heterocycles. The van der Waals surface area contributed by atoms with Crippen molar-refractivity contribution in [2.45, 2.75) is 11.4 Å². The van der Waals surface area contributed by atoms with Gasteiger partial charge < -0.3 is 35.3 Å². The first-order valence-corrected chi connectivity index (χ1v) is 15.7. The molecule has 0 radical (unpaired) electrons. The van der Waals surface area contributed by atoms with Gasteiger partial charge in [0.1, 0.15) is 12.4 Å². The molecule has 1 saturated heterocycles. The van der Waals surface area contributed by atoms with E-state index >= 15 is 0 Å². The Labute approximate surface area is 262 Å². The largest absolute Gasteiger partial charge is 0.489 e. The highest BCUT2D eigenvalue weighted by Gasteiger charge is 2.19. The number of rotatable bonds is 5. The predicted molar refractivity (Wildman–Crippen MR) is 171 cm³/mol. The Kier molecular flexibility index (Phi) is 12.2. The fourth-order valence-corrected chi connectivity index (χ4v) is 5.77. The molecular weight excluding hydrogens is 582 g/mol. The first kappa shape index (κ1) is 32.1. The second kappa shape index (κ2) is 16.7. The summed E-state index contributed by atoms with van der Waals surface area (Å²) in [7, 11) is 1.85. The van der Waals surface area contributed by atoms with Crippen molar-refractivity contribution >= 4 is 29.4 Å². The second-order valence-electron chi connectivity index (χ2n) is 10.3. The summed E-state index contributed by atoms with van der Waals surface area (Å²) < 4.78 is 25.6. The molecule has 2 aromatic carbocycles. The Morgan fingerprint density at radius 2 is 1.66 bits per heavy atom. The van der Waals surface area contributed by atoms with Crippen LogP contribution >= 0.6 is 11.9 Å². The molecule has 3 aliphatic heterocycles. The highest BCUT2D eigenvalue weighted by molar-refractivity contribution is 7.97. The van der Waals surface area contributed by atoms with E-state index in [4.69, 9.17) is 24.7 Å². The summed E-state index contributed by atoms with van der Waals surface area (Å²) >= 11 is 1.70. The van der Waals surface area contributed by atoms with Gasteiger partial charge in [-0.2, -0.15) is 0 Å². The van der Waals surface area contributed by atoms with Gasteiger partial charge in [0.05, 0.1) is 57.2 Å². The number of fused-ring (bicyclic) bond motifs is 13. The van der Waals surface area contributed by atoms with Gasteiger partial charge in [0.25, 0.3) is 5.91 Å². The molecule has 13 heteroatoms. The minimum atomic E-state index is -0.470. The van der Waals surface area contributed by atoms with E-state index in [1.807, 2.05) is 31.3 Å². The number of ether oxygens (including phenoxy) is 4. The van der Waals surface area contributed by atoms with Gasteiger partial charge in [-0.3, -0.25) is 9.69 Å². The van der Waals surface area contributed by atoms with Crippen LogP contribution in [-0.4, -0.2) is 111 Å². The fourth-order valence-electron chi connectivity index (χ4n) is 4.88. The summed E-state index contributed by atoms with van der Waals surface area (Å²) in [6, 6.07) is 13.7. The number of anilines is 2. The van der Waals surface area contributed by atoms with Gasteiger partial charge in [-0.1, -0.05) is 24.3 Å². The standard InChI is InChI=1S/C31H41N7O5S/c1-33-21-24-3-2-4-26-29(24)43-20-19-42-18-17-41-16-13-38(10-9-37-11-14-40-15-12-37)44-25-7-5-23(6-8-25)27-22-34-30(32)28(35-27)31(39)36-26/h2-8,22,33H,9-21H2,1H3,(H2,32,34)(H,36,39). The Morgan fingerprint density at radius 3 is 2.45 bits per heavy atom. The average Bonchev–Trinajstić information content (AvgIpc) is 3.04. The van der Waals surface area contributed by atoms with Crippen LogP contribution in [0.4, 0.5) is 11.5 Å². The summed E-state index contributed by atoms with van der Waals surface area (Å²) in [6.07, 6.45) is 1.58. The third-order valence-corrected chi connectivity index (χ3v) is 8.32. The number of hydrogen-bond donors (Lipinski definition) is 3. The molecule has 0 unspecified atom stereocenters. The van der Waals surface area contributed by atoms with Crippen molar-refractivity contribution in [1.29, 1.82) is 0 Å². The van der Waals surface area contributed by atoms with Crippen LogP contribution in [0.2, 0.25) is 0 Å². The maximum absolute atomic E-state index is 13.4. The molecule has 4 heterocycles. The molecule has 44 heavy (non-hydrogen) atoms. The summed E-state index contributed by atoms with van der Waals surface area (Å²) in [4.78, 5) is 25.8. The van der Waals surface area contributed by atoms with Crippen LogP contribution in [0.5, 0.6) is 5.75 Å². The number of nitrogen functional groups attached to an aromatic ring is 1. The number of aromatic nitrogens is 2. The Balaban J connectivity index is 1.36. The molecule has 4 bridgehead atoms. The quantitative estimate of drug-likeness (QED) is 0.285. The molecule has 236 valence electrons. The van der Waals surface area contributed by atoms with Crippen LogP contribution in [0, 0.1) is 0 Å². The van der Waals surface area contributed by atoms with Crippen molar-refractivity contribution < 1.29 is 23.7 Å². The Bertz CT molecular complexity index is 1360. The summed E-state index contributed by atoms with van der Waals surface area (Å²) in [5, 5.41) is 6.07. The number of nitrogens with one attached hydrogen (secondary N) is 2. The van der Waals surface area contributed by atoms with Gasteiger partial charge in [-0.25, -0.2) is 14.3 Å². The average molecular weight is 624 g/mol. The van der Waals surface area contributed by atoms with Crippen molar-refractivity contribution in [3.05, 3.63) is 59.9 Å².